The molecule has 2 fully saturated rings. The van der Waals surface area contributed by atoms with Crippen LogP contribution in [0.25, 0.3) is 0 Å². The van der Waals surface area contributed by atoms with Gasteiger partial charge in [-0.2, -0.15) is 5.10 Å². The second-order valence-corrected chi connectivity index (χ2v) is 8.03. The Morgan fingerprint density at radius 1 is 1.18 bits per heavy atom. The van der Waals surface area contributed by atoms with E-state index in [1.807, 2.05) is 40.2 Å². The minimum atomic E-state index is 0.0836. The maximum Gasteiger partial charge on any atom is 0.255 e. The zero-order chi connectivity index (χ0) is 19.5. The number of rotatable bonds is 4. The Morgan fingerprint density at radius 3 is 2.54 bits per heavy atom. The van der Waals surface area contributed by atoms with Gasteiger partial charge in [0.15, 0.2) is 0 Å². The number of morpholine rings is 1. The quantitative estimate of drug-likeness (QED) is 0.811. The van der Waals surface area contributed by atoms with E-state index in [1.54, 1.807) is 6.20 Å². The highest BCUT2D eigenvalue weighted by Gasteiger charge is 2.26. The third kappa shape index (κ3) is 4.35. The zero-order valence-corrected chi connectivity index (χ0v) is 16.7. The molecular weight excluding hydrogens is 354 g/mol. The highest BCUT2D eigenvalue weighted by molar-refractivity contribution is 5.94. The summed E-state index contributed by atoms with van der Waals surface area (Å²) < 4.78 is 7.77. The van der Waals surface area contributed by atoms with E-state index in [9.17, 15) is 4.79 Å². The fourth-order valence-electron chi connectivity index (χ4n) is 4.24. The number of hydrogen-bond donors (Lipinski definition) is 0. The second kappa shape index (κ2) is 8.31. The van der Waals surface area contributed by atoms with E-state index >= 15 is 0 Å². The van der Waals surface area contributed by atoms with Crippen molar-refractivity contribution in [3.05, 3.63) is 42.4 Å². The lowest BCUT2D eigenvalue weighted by Gasteiger charge is -2.36. The molecule has 0 N–H and O–H groups in total. The van der Waals surface area contributed by atoms with Crippen molar-refractivity contribution in [2.75, 3.05) is 31.1 Å². The molecule has 0 spiro atoms. The van der Waals surface area contributed by atoms with Crippen molar-refractivity contribution < 1.29 is 9.53 Å². The standard InChI is InChI=1S/C21H29N5O2/c1-16-13-25(14-17(2)28-16)20-5-4-19(12-22-20)21(27)24-10-6-18(7-11-24)15-26-9-3-8-23-26/h3-5,8-9,12,16-18H,6-7,10-11,13-15H2,1-2H3. The number of likely N-dealkylation sites (tertiary alicyclic amines) is 1. The minimum Gasteiger partial charge on any atom is -0.372 e. The largest absolute Gasteiger partial charge is 0.372 e. The number of aromatic nitrogens is 3. The van der Waals surface area contributed by atoms with Gasteiger partial charge in [-0.15, -0.1) is 0 Å². The van der Waals surface area contributed by atoms with Gasteiger partial charge in [0.1, 0.15) is 5.82 Å². The fraction of sp³-hybridized carbons (Fsp3) is 0.571. The Morgan fingerprint density at radius 2 is 1.93 bits per heavy atom. The van der Waals surface area contributed by atoms with Gasteiger partial charge in [0, 0.05) is 51.3 Å². The summed E-state index contributed by atoms with van der Waals surface area (Å²) in [6, 6.07) is 5.82. The molecule has 4 rings (SSSR count). The summed E-state index contributed by atoms with van der Waals surface area (Å²) in [5.74, 6) is 1.58. The summed E-state index contributed by atoms with van der Waals surface area (Å²) in [5, 5.41) is 4.28. The number of carbonyl (C=O) groups excluding carboxylic acids is 1. The predicted molar refractivity (Wildman–Crippen MR) is 107 cm³/mol. The van der Waals surface area contributed by atoms with Crippen LogP contribution >= 0.6 is 0 Å². The average Bonchev–Trinajstić information content (AvgIpc) is 3.20. The summed E-state index contributed by atoms with van der Waals surface area (Å²) in [5.41, 5.74) is 0.670. The molecule has 2 unspecified atom stereocenters. The Bertz CT molecular complexity index is 759. The van der Waals surface area contributed by atoms with Crippen molar-refractivity contribution in [2.45, 2.75) is 45.4 Å². The highest BCUT2D eigenvalue weighted by Crippen LogP contribution is 2.22. The van der Waals surface area contributed by atoms with Crippen LogP contribution in [0.5, 0.6) is 0 Å². The van der Waals surface area contributed by atoms with Gasteiger partial charge in [-0.05, 0) is 50.8 Å². The van der Waals surface area contributed by atoms with Gasteiger partial charge in [-0.3, -0.25) is 9.48 Å². The van der Waals surface area contributed by atoms with E-state index in [4.69, 9.17) is 4.74 Å². The lowest BCUT2D eigenvalue weighted by atomic mass is 9.96. The zero-order valence-electron chi connectivity index (χ0n) is 16.7. The third-order valence-electron chi connectivity index (χ3n) is 5.64. The first-order chi connectivity index (χ1) is 13.6. The van der Waals surface area contributed by atoms with Crippen LogP contribution in [0, 0.1) is 5.92 Å². The molecule has 2 aromatic rings. The normalized spacial score (nSPS) is 23.8. The molecule has 0 radical (unpaired) electrons. The van der Waals surface area contributed by atoms with Gasteiger partial charge in [-0.25, -0.2) is 4.98 Å². The Hall–Kier alpha value is -2.41. The van der Waals surface area contributed by atoms with Gasteiger partial charge in [0.2, 0.25) is 0 Å². The van der Waals surface area contributed by atoms with Crippen LogP contribution in [0.2, 0.25) is 0 Å². The number of carbonyl (C=O) groups is 1. The number of pyridine rings is 1. The van der Waals surface area contributed by atoms with Gasteiger partial charge in [0.05, 0.1) is 17.8 Å². The van der Waals surface area contributed by atoms with E-state index < -0.39 is 0 Å². The molecule has 28 heavy (non-hydrogen) atoms. The van der Waals surface area contributed by atoms with Crippen molar-refractivity contribution in [1.29, 1.82) is 0 Å². The Kier molecular flexibility index (Phi) is 5.62. The number of amides is 1. The Labute approximate surface area is 166 Å². The van der Waals surface area contributed by atoms with E-state index in [2.05, 4.69) is 28.8 Å². The molecule has 4 heterocycles. The van der Waals surface area contributed by atoms with Crippen molar-refractivity contribution in [1.82, 2.24) is 19.7 Å². The van der Waals surface area contributed by atoms with E-state index in [0.717, 1.165) is 51.4 Å². The van der Waals surface area contributed by atoms with E-state index in [-0.39, 0.29) is 18.1 Å². The summed E-state index contributed by atoms with van der Waals surface area (Å²) in [6.45, 7) is 8.34. The van der Waals surface area contributed by atoms with Crippen LogP contribution < -0.4 is 4.90 Å². The lowest BCUT2D eigenvalue weighted by Crippen LogP contribution is -2.45. The molecule has 2 aliphatic heterocycles. The molecular formula is C21H29N5O2. The van der Waals surface area contributed by atoms with Crippen LogP contribution in [0.1, 0.15) is 37.0 Å². The van der Waals surface area contributed by atoms with Crippen LogP contribution in [0.3, 0.4) is 0 Å². The fourth-order valence-corrected chi connectivity index (χ4v) is 4.24. The van der Waals surface area contributed by atoms with E-state index in [0.29, 0.717) is 11.5 Å². The molecule has 0 aliphatic carbocycles. The minimum absolute atomic E-state index is 0.0836. The van der Waals surface area contributed by atoms with Gasteiger partial charge >= 0.3 is 0 Å². The molecule has 7 nitrogen and oxygen atoms in total. The topological polar surface area (TPSA) is 63.5 Å². The monoisotopic (exact) mass is 383 g/mol. The second-order valence-electron chi connectivity index (χ2n) is 8.03. The summed E-state index contributed by atoms with van der Waals surface area (Å²) in [4.78, 5) is 21.6. The smallest absolute Gasteiger partial charge is 0.255 e. The van der Waals surface area contributed by atoms with Crippen molar-refractivity contribution in [3.63, 3.8) is 0 Å². The molecule has 2 aromatic heterocycles. The molecule has 0 aromatic carbocycles. The van der Waals surface area contributed by atoms with Gasteiger partial charge < -0.3 is 14.5 Å². The first-order valence-electron chi connectivity index (χ1n) is 10.2. The molecule has 0 bridgehead atoms. The lowest BCUT2D eigenvalue weighted by molar-refractivity contribution is -0.00546. The van der Waals surface area contributed by atoms with Crippen LogP contribution in [-0.4, -0.2) is 64.0 Å². The van der Waals surface area contributed by atoms with Crippen molar-refractivity contribution in [2.24, 2.45) is 5.92 Å². The van der Waals surface area contributed by atoms with Crippen molar-refractivity contribution >= 4 is 11.7 Å². The molecule has 150 valence electrons. The van der Waals surface area contributed by atoms with E-state index in [1.165, 1.54) is 0 Å². The molecule has 0 saturated carbocycles. The number of ether oxygens (including phenoxy) is 1. The molecule has 2 saturated heterocycles. The molecule has 1 amide bonds. The SMILES string of the molecule is CC1CN(c2ccc(C(=O)N3CCC(Cn4cccn4)CC3)cn2)CC(C)O1. The van der Waals surface area contributed by atoms with Gasteiger partial charge in [0.25, 0.3) is 5.91 Å². The first kappa shape index (κ1) is 18.9. The summed E-state index contributed by atoms with van der Waals surface area (Å²) in [7, 11) is 0. The Balaban J connectivity index is 1.32. The van der Waals surface area contributed by atoms with Crippen LogP contribution in [0.15, 0.2) is 36.8 Å². The summed E-state index contributed by atoms with van der Waals surface area (Å²) in [6.07, 6.45) is 7.94. The van der Waals surface area contributed by atoms with Crippen LogP contribution in [-0.2, 0) is 11.3 Å². The number of hydrogen-bond acceptors (Lipinski definition) is 5. The maximum absolute atomic E-state index is 12.8. The number of nitrogens with zero attached hydrogens (tertiary/aromatic N) is 5. The molecule has 7 heteroatoms. The number of anilines is 1. The average molecular weight is 383 g/mol. The third-order valence-corrected chi connectivity index (χ3v) is 5.64. The first-order valence-corrected chi connectivity index (χ1v) is 10.2. The van der Waals surface area contributed by atoms with Crippen molar-refractivity contribution in [3.8, 4) is 0 Å². The number of piperidine rings is 1. The highest BCUT2D eigenvalue weighted by atomic mass is 16.5. The predicted octanol–water partition coefficient (Wildman–Crippen LogP) is 2.44. The summed E-state index contributed by atoms with van der Waals surface area (Å²) >= 11 is 0. The van der Waals surface area contributed by atoms with Gasteiger partial charge in [-0.1, -0.05) is 0 Å². The van der Waals surface area contributed by atoms with Crippen LogP contribution in [0.4, 0.5) is 5.82 Å². The molecule has 2 aliphatic rings. The maximum atomic E-state index is 12.8. The molecule has 2 atom stereocenters.